The van der Waals surface area contributed by atoms with Gasteiger partial charge in [-0.2, -0.15) is 5.26 Å². The van der Waals surface area contributed by atoms with Crippen LogP contribution in [0, 0.1) is 11.3 Å². The molecule has 122 valence electrons. The fourth-order valence-electron chi connectivity index (χ4n) is 2.22. The van der Waals surface area contributed by atoms with Gasteiger partial charge in [0.25, 0.3) is 5.91 Å². The Balaban J connectivity index is 1.92. The van der Waals surface area contributed by atoms with Crippen LogP contribution in [0.25, 0.3) is 11.3 Å². The van der Waals surface area contributed by atoms with Crippen molar-refractivity contribution < 1.29 is 14.1 Å². The topological polar surface area (TPSA) is 96.0 Å². The van der Waals surface area contributed by atoms with Crippen molar-refractivity contribution in [2.75, 3.05) is 5.32 Å². The minimum Gasteiger partial charge on any atom is -0.337 e. The number of nitrogens with one attached hydrogen (secondary N) is 1. The third-order valence-electron chi connectivity index (χ3n) is 3.44. The Bertz CT molecular complexity index is 988. The van der Waals surface area contributed by atoms with Crippen molar-refractivity contribution in [2.45, 2.75) is 0 Å². The normalized spacial score (nSPS) is 10.1. The molecule has 1 aromatic heterocycles. The zero-order valence-electron chi connectivity index (χ0n) is 12.7. The Morgan fingerprint density at radius 2 is 2.00 bits per heavy atom. The van der Waals surface area contributed by atoms with Gasteiger partial charge in [-0.15, -0.1) is 0 Å². The van der Waals surface area contributed by atoms with Gasteiger partial charge in [0.05, 0.1) is 11.6 Å². The quantitative estimate of drug-likeness (QED) is 0.672. The Kier molecular flexibility index (Phi) is 4.73. The van der Waals surface area contributed by atoms with Gasteiger partial charge < -0.3 is 4.52 Å². The number of anilines is 1. The third-order valence-corrected chi connectivity index (χ3v) is 3.97. The predicted molar refractivity (Wildman–Crippen MR) is 94.1 cm³/mol. The third kappa shape index (κ3) is 3.49. The lowest BCUT2D eigenvalue weighted by Crippen LogP contribution is -2.12. The molecule has 0 aliphatic rings. The first-order valence-electron chi connectivity index (χ1n) is 7.14. The van der Waals surface area contributed by atoms with Crippen molar-refractivity contribution in [3.8, 4) is 17.3 Å². The molecule has 0 spiro atoms. The highest BCUT2D eigenvalue weighted by molar-refractivity contribution is 9.10. The molecule has 6 nitrogen and oxygen atoms in total. The van der Waals surface area contributed by atoms with Crippen molar-refractivity contribution in [1.82, 2.24) is 5.16 Å². The van der Waals surface area contributed by atoms with E-state index in [-0.39, 0.29) is 17.1 Å². The van der Waals surface area contributed by atoms with Crippen LogP contribution < -0.4 is 5.32 Å². The van der Waals surface area contributed by atoms with Crippen molar-refractivity contribution in [3.63, 3.8) is 0 Å². The number of nitriles is 1. The minimum atomic E-state index is -0.427. The van der Waals surface area contributed by atoms with E-state index < -0.39 is 5.91 Å². The highest BCUT2D eigenvalue weighted by Gasteiger charge is 2.19. The molecule has 1 N–H and O–H groups in total. The van der Waals surface area contributed by atoms with Gasteiger partial charge in [-0.1, -0.05) is 33.2 Å². The van der Waals surface area contributed by atoms with Gasteiger partial charge in [-0.3, -0.25) is 14.9 Å². The van der Waals surface area contributed by atoms with Gasteiger partial charge in [0.15, 0.2) is 6.29 Å². The van der Waals surface area contributed by atoms with Crippen molar-refractivity contribution in [2.24, 2.45) is 0 Å². The number of carbonyl (C=O) groups excluding carboxylic acids is 2. The van der Waals surface area contributed by atoms with Crippen LogP contribution in [-0.2, 0) is 0 Å². The summed E-state index contributed by atoms with van der Waals surface area (Å²) in [5.41, 5.74) is 1.76. The average molecular weight is 396 g/mol. The second-order valence-electron chi connectivity index (χ2n) is 5.05. The lowest BCUT2D eigenvalue weighted by atomic mass is 10.1. The number of rotatable bonds is 4. The maximum atomic E-state index is 12.3. The Morgan fingerprint density at radius 3 is 2.68 bits per heavy atom. The summed E-state index contributed by atoms with van der Waals surface area (Å²) < 4.78 is 5.97. The Labute approximate surface area is 151 Å². The summed E-state index contributed by atoms with van der Waals surface area (Å²) in [5, 5.41) is 15.4. The lowest BCUT2D eigenvalue weighted by molar-refractivity contribution is 0.102. The molecule has 3 aromatic rings. The van der Waals surface area contributed by atoms with Crippen LogP contribution in [0.5, 0.6) is 0 Å². The molecule has 2 aromatic carbocycles. The van der Waals surface area contributed by atoms with E-state index in [1.165, 1.54) is 0 Å². The number of hydrogen-bond acceptors (Lipinski definition) is 5. The van der Waals surface area contributed by atoms with Crippen LogP contribution in [0.15, 0.2) is 57.5 Å². The molecule has 0 saturated carbocycles. The van der Waals surface area contributed by atoms with Crippen LogP contribution in [0.2, 0.25) is 0 Å². The largest absolute Gasteiger partial charge is 0.337 e. The molecule has 0 fully saturated rings. The highest BCUT2D eigenvalue weighted by atomic mass is 79.9. The van der Waals surface area contributed by atoms with Gasteiger partial charge in [-0.25, -0.2) is 0 Å². The molecule has 0 unspecified atom stereocenters. The van der Waals surface area contributed by atoms with Crippen LogP contribution >= 0.6 is 15.9 Å². The van der Waals surface area contributed by atoms with E-state index in [9.17, 15) is 9.59 Å². The summed E-state index contributed by atoms with van der Waals surface area (Å²) in [6.45, 7) is 0. The fourth-order valence-corrected chi connectivity index (χ4v) is 2.48. The molecule has 0 radical (unpaired) electrons. The molecule has 25 heavy (non-hydrogen) atoms. The summed E-state index contributed by atoms with van der Waals surface area (Å²) in [6.07, 6.45) is 0.558. The minimum absolute atomic E-state index is 0.0414. The first-order valence-corrected chi connectivity index (χ1v) is 7.94. The average Bonchev–Trinajstić information content (AvgIpc) is 3.04. The van der Waals surface area contributed by atoms with E-state index in [2.05, 4.69) is 26.4 Å². The first-order chi connectivity index (χ1) is 12.1. The van der Waals surface area contributed by atoms with E-state index in [1.54, 1.807) is 48.5 Å². The molecule has 0 aliphatic heterocycles. The molecule has 3 rings (SSSR count). The van der Waals surface area contributed by atoms with E-state index in [1.807, 2.05) is 6.07 Å². The number of halogens is 1. The molecule has 1 heterocycles. The molecule has 0 saturated heterocycles. The van der Waals surface area contributed by atoms with E-state index >= 15 is 0 Å². The van der Waals surface area contributed by atoms with Crippen molar-refractivity contribution >= 4 is 34.0 Å². The number of nitrogens with zero attached hydrogens (tertiary/aromatic N) is 2. The maximum absolute atomic E-state index is 12.3. The molecular weight excluding hydrogens is 386 g/mol. The zero-order chi connectivity index (χ0) is 17.8. The summed E-state index contributed by atoms with van der Waals surface area (Å²) in [5.74, 6) is -0.468. The zero-order valence-corrected chi connectivity index (χ0v) is 14.3. The molecular formula is C18H10BrN3O3. The maximum Gasteiger partial charge on any atom is 0.258 e. The number of aldehydes is 1. The Hall–Kier alpha value is -3.24. The monoisotopic (exact) mass is 395 g/mol. The molecule has 0 bridgehead atoms. The summed E-state index contributed by atoms with van der Waals surface area (Å²) in [6, 6.07) is 15.4. The second kappa shape index (κ2) is 7.11. The summed E-state index contributed by atoms with van der Waals surface area (Å²) >= 11 is 3.30. The number of amides is 1. The number of carbonyl (C=O) groups is 2. The van der Waals surface area contributed by atoms with Crippen molar-refractivity contribution in [1.29, 1.82) is 5.26 Å². The van der Waals surface area contributed by atoms with Gasteiger partial charge in [0.1, 0.15) is 11.3 Å². The second-order valence-corrected chi connectivity index (χ2v) is 5.96. The highest BCUT2D eigenvalue weighted by Crippen LogP contribution is 2.28. The van der Waals surface area contributed by atoms with E-state index in [4.69, 9.17) is 9.78 Å². The molecule has 0 atom stereocenters. The molecule has 1 amide bonds. The van der Waals surface area contributed by atoms with Crippen LogP contribution in [-0.4, -0.2) is 17.4 Å². The van der Waals surface area contributed by atoms with E-state index in [0.29, 0.717) is 23.0 Å². The molecule has 7 heteroatoms. The summed E-state index contributed by atoms with van der Waals surface area (Å²) in [7, 11) is 0. The SMILES string of the molecule is N#Cc1cccc(-c2noc(NC(=O)c3ccc(Br)cc3)c2C=O)c1. The first kappa shape index (κ1) is 16.6. The van der Waals surface area contributed by atoms with E-state index in [0.717, 1.165) is 4.47 Å². The van der Waals surface area contributed by atoms with Gasteiger partial charge in [-0.05, 0) is 36.4 Å². The van der Waals surface area contributed by atoms with Gasteiger partial charge >= 0.3 is 0 Å². The van der Waals surface area contributed by atoms with Crippen LogP contribution in [0.3, 0.4) is 0 Å². The number of benzene rings is 2. The summed E-state index contributed by atoms with van der Waals surface area (Å²) in [4.78, 5) is 23.7. The number of hydrogen-bond donors (Lipinski definition) is 1. The van der Waals surface area contributed by atoms with Crippen molar-refractivity contribution in [3.05, 3.63) is 69.7 Å². The van der Waals surface area contributed by atoms with Crippen LogP contribution in [0.4, 0.5) is 5.88 Å². The lowest BCUT2D eigenvalue weighted by Gasteiger charge is -2.02. The number of aromatic nitrogens is 1. The predicted octanol–water partition coefficient (Wildman–Crippen LogP) is 4.04. The van der Waals surface area contributed by atoms with Gasteiger partial charge in [0, 0.05) is 15.6 Å². The fraction of sp³-hybridized carbons (Fsp3) is 0. The Morgan fingerprint density at radius 1 is 1.24 bits per heavy atom. The molecule has 0 aliphatic carbocycles. The van der Waals surface area contributed by atoms with Gasteiger partial charge in [0.2, 0.25) is 5.88 Å². The smallest absolute Gasteiger partial charge is 0.258 e. The standard InChI is InChI=1S/C18H10BrN3O3/c19-14-6-4-12(5-7-14)17(24)21-18-15(10-23)16(22-25-18)13-3-1-2-11(8-13)9-20/h1-8,10H,(H,21,24). The van der Waals surface area contributed by atoms with Crippen LogP contribution in [0.1, 0.15) is 26.3 Å².